The van der Waals surface area contributed by atoms with Gasteiger partial charge in [-0.05, 0) is 20.4 Å². The van der Waals surface area contributed by atoms with Gasteiger partial charge in [0.15, 0.2) is 0 Å². The number of alkyl halides is 1. The van der Waals surface area contributed by atoms with E-state index >= 15 is 0 Å². The Morgan fingerprint density at radius 3 is 2.82 bits per heavy atom. The molecule has 0 aromatic rings. The maximum atomic E-state index is 5.64. The van der Waals surface area contributed by atoms with Crippen molar-refractivity contribution in [3.63, 3.8) is 0 Å². The van der Waals surface area contributed by atoms with Crippen molar-refractivity contribution < 1.29 is 4.74 Å². The number of halogens is 1. The zero-order valence-corrected chi connectivity index (χ0v) is 7.97. The maximum absolute atomic E-state index is 5.64. The van der Waals surface area contributed by atoms with Gasteiger partial charge < -0.3 is 4.74 Å². The Balaban J connectivity index is 2.33. The van der Waals surface area contributed by atoms with Crippen molar-refractivity contribution in [2.75, 3.05) is 26.1 Å². The van der Waals surface area contributed by atoms with Gasteiger partial charge in [-0.2, -0.15) is 0 Å². The molecule has 3 heteroatoms. The highest BCUT2D eigenvalue weighted by molar-refractivity contribution is 6.18. The molecule has 0 spiro atoms. The molecule has 0 aromatic heterocycles. The second-order valence-corrected chi connectivity index (χ2v) is 3.48. The molecule has 1 rings (SSSR count). The Kier molecular flexibility index (Phi) is 3.63. The van der Waals surface area contributed by atoms with E-state index in [1.165, 1.54) is 0 Å². The lowest BCUT2D eigenvalue weighted by atomic mass is 10.1. The fourth-order valence-electron chi connectivity index (χ4n) is 1.60. The average Bonchev–Trinajstić information content (AvgIpc) is 2.36. The fourth-order valence-corrected chi connectivity index (χ4v) is 1.86. The highest BCUT2D eigenvalue weighted by atomic mass is 35.5. The Morgan fingerprint density at radius 2 is 2.36 bits per heavy atom. The molecule has 0 aromatic carbocycles. The monoisotopic (exact) mass is 177 g/mol. The van der Waals surface area contributed by atoms with E-state index in [1.807, 2.05) is 0 Å². The molecular weight excluding hydrogens is 162 g/mol. The molecule has 1 aliphatic rings. The normalized spacial score (nSPS) is 31.6. The van der Waals surface area contributed by atoms with Gasteiger partial charge in [0.1, 0.15) is 0 Å². The van der Waals surface area contributed by atoms with E-state index in [1.54, 1.807) is 0 Å². The molecule has 2 unspecified atom stereocenters. The van der Waals surface area contributed by atoms with Crippen LogP contribution < -0.4 is 0 Å². The van der Waals surface area contributed by atoms with Crippen molar-refractivity contribution in [2.24, 2.45) is 0 Å². The lowest BCUT2D eigenvalue weighted by Gasteiger charge is -2.25. The summed E-state index contributed by atoms with van der Waals surface area (Å²) >= 11 is 5.64. The molecule has 66 valence electrons. The van der Waals surface area contributed by atoms with Crippen LogP contribution >= 0.6 is 11.6 Å². The molecule has 0 N–H and O–H groups in total. The van der Waals surface area contributed by atoms with Crippen LogP contribution in [0.25, 0.3) is 0 Å². The average molecular weight is 178 g/mol. The number of nitrogens with zero attached hydrogens (tertiary/aromatic N) is 1. The van der Waals surface area contributed by atoms with E-state index in [4.69, 9.17) is 16.3 Å². The summed E-state index contributed by atoms with van der Waals surface area (Å²) in [5.41, 5.74) is 0. The third-order valence-corrected chi connectivity index (χ3v) is 2.51. The lowest BCUT2D eigenvalue weighted by Crippen LogP contribution is -2.37. The van der Waals surface area contributed by atoms with Gasteiger partial charge >= 0.3 is 0 Å². The molecule has 0 bridgehead atoms. The van der Waals surface area contributed by atoms with Crippen molar-refractivity contribution in [2.45, 2.75) is 25.5 Å². The number of ether oxygens (including phenoxy) is 1. The smallest absolute Gasteiger partial charge is 0.0702 e. The molecule has 0 saturated carbocycles. The van der Waals surface area contributed by atoms with Crippen LogP contribution in [0.15, 0.2) is 0 Å². The van der Waals surface area contributed by atoms with Gasteiger partial charge in [0.25, 0.3) is 0 Å². The van der Waals surface area contributed by atoms with Crippen LogP contribution in [0.3, 0.4) is 0 Å². The van der Waals surface area contributed by atoms with Crippen LogP contribution in [0, 0.1) is 0 Å². The van der Waals surface area contributed by atoms with Crippen LogP contribution in [0.1, 0.15) is 13.3 Å². The molecule has 0 amide bonds. The number of likely N-dealkylation sites (N-methyl/N-ethyl adjacent to an activating group) is 1. The van der Waals surface area contributed by atoms with E-state index in [9.17, 15) is 0 Å². The van der Waals surface area contributed by atoms with E-state index < -0.39 is 0 Å². The standard InChI is InChI=1S/C8H16ClNO/c1-7-8(3-6-11-7)10(2)5-4-9/h7-8H,3-6H2,1-2H3. The van der Waals surface area contributed by atoms with Gasteiger partial charge in [-0.3, -0.25) is 4.90 Å². The van der Waals surface area contributed by atoms with Crippen molar-refractivity contribution in [3.05, 3.63) is 0 Å². The number of rotatable bonds is 3. The zero-order valence-electron chi connectivity index (χ0n) is 7.22. The Hall–Kier alpha value is 0.210. The first-order chi connectivity index (χ1) is 5.25. The molecule has 2 nitrogen and oxygen atoms in total. The summed E-state index contributed by atoms with van der Waals surface area (Å²) < 4.78 is 5.45. The van der Waals surface area contributed by atoms with E-state index in [2.05, 4.69) is 18.9 Å². The van der Waals surface area contributed by atoms with Crippen molar-refractivity contribution in [1.82, 2.24) is 4.90 Å². The minimum atomic E-state index is 0.378. The topological polar surface area (TPSA) is 12.5 Å². The van der Waals surface area contributed by atoms with Gasteiger partial charge in [-0.15, -0.1) is 11.6 Å². The summed E-state index contributed by atoms with van der Waals surface area (Å²) in [7, 11) is 2.11. The van der Waals surface area contributed by atoms with E-state index in [0.717, 1.165) is 19.6 Å². The minimum Gasteiger partial charge on any atom is -0.377 e. The summed E-state index contributed by atoms with van der Waals surface area (Å²) in [5.74, 6) is 0.708. The van der Waals surface area contributed by atoms with Gasteiger partial charge in [0, 0.05) is 25.1 Å². The first-order valence-corrected chi connectivity index (χ1v) is 4.67. The van der Waals surface area contributed by atoms with Gasteiger partial charge in [0.05, 0.1) is 6.10 Å². The van der Waals surface area contributed by atoms with E-state index in [-0.39, 0.29) is 0 Å². The van der Waals surface area contributed by atoms with Gasteiger partial charge in [-0.25, -0.2) is 0 Å². The summed E-state index contributed by atoms with van der Waals surface area (Å²) in [4.78, 5) is 2.28. The van der Waals surface area contributed by atoms with Gasteiger partial charge in [0.2, 0.25) is 0 Å². The lowest BCUT2D eigenvalue weighted by molar-refractivity contribution is 0.0857. The summed E-state index contributed by atoms with van der Waals surface area (Å²) in [5, 5.41) is 0. The molecule has 0 radical (unpaired) electrons. The third kappa shape index (κ3) is 2.32. The first-order valence-electron chi connectivity index (χ1n) is 4.13. The molecule has 1 heterocycles. The van der Waals surface area contributed by atoms with Crippen LogP contribution in [0.2, 0.25) is 0 Å². The van der Waals surface area contributed by atoms with Crippen LogP contribution in [0.5, 0.6) is 0 Å². The summed E-state index contributed by atoms with van der Waals surface area (Å²) in [6, 6.07) is 0.578. The van der Waals surface area contributed by atoms with E-state index in [0.29, 0.717) is 18.0 Å². The minimum absolute atomic E-state index is 0.378. The van der Waals surface area contributed by atoms with Crippen LogP contribution in [0.4, 0.5) is 0 Å². The first kappa shape index (κ1) is 9.30. The fraction of sp³-hybridized carbons (Fsp3) is 1.00. The molecule has 11 heavy (non-hydrogen) atoms. The highest BCUT2D eigenvalue weighted by Gasteiger charge is 2.26. The van der Waals surface area contributed by atoms with Crippen LogP contribution in [-0.4, -0.2) is 43.1 Å². The van der Waals surface area contributed by atoms with Gasteiger partial charge in [-0.1, -0.05) is 0 Å². The van der Waals surface area contributed by atoms with Crippen LogP contribution in [-0.2, 0) is 4.74 Å². The molecule has 0 aliphatic carbocycles. The number of hydrogen-bond donors (Lipinski definition) is 0. The molecule has 2 atom stereocenters. The quantitative estimate of drug-likeness (QED) is 0.604. The Labute approximate surface area is 73.5 Å². The molecule has 1 aliphatic heterocycles. The molecule has 1 fully saturated rings. The number of hydrogen-bond acceptors (Lipinski definition) is 2. The predicted molar refractivity (Wildman–Crippen MR) is 47.2 cm³/mol. The van der Waals surface area contributed by atoms with Crippen molar-refractivity contribution in [1.29, 1.82) is 0 Å². The maximum Gasteiger partial charge on any atom is 0.0702 e. The predicted octanol–water partition coefficient (Wildman–Crippen LogP) is 1.33. The second-order valence-electron chi connectivity index (χ2n) is 3.10. The largest absolute Gasteiger partial charge is 0.377 e. The zero-order chi connectivity index (χ0) is 8.27. The summed E-state index contributed by atoms with van der Waals surface area (Å²) in [6.45, 7) is 3.99. The van der Waals surface area contributed by atoms with Crippen molar-refractivity contribution >= 4 is 11.6 Å². The molecule has 1 saturated heterocycles. The Morgan fingerprint density at radius 1 is 1.64 bits per heavy atom. The van der Waals surface area contributed by atoms with Crippen molar-refractivity contribution in [3.8, 4) is 0 Å². The molecular formula is C8H16ClNO. The second kappa shape index (κ2) is 4.29. The highest BCUT2D eigenvalue weighted by Crippen LogP contribution is 2.17. The third-order valence-electron chi connectivity index (χ3n) is 2.34. The SMILES string of the molecule is CC1OCCC1N(C)CCCl. The summed E-state index contributed by atoms with van der Waals surface area (Å²) in [6.07, 6.45) is 1.53. The Bertz CT molecular complexity index is 121.